The zero-order valence-corrected chi connectivity index (χ0v) is 14.9. The third-order valence-electron chi connectivity index (χ3n) is 3.65. The molecule has 0 spiro atoms. The Labute approximate surface area is 138 Å². The number of rotatable bonds is 8. The van der Waals surface area contributed by atoms with E-state index in [2.05, 4.69) is 19.2 Å². The molecule has 0 saturated carbocycles. The van der Waals surface area contributed by atoms with Crippen molar-refractivity contribution in [3.63, 3.8) is 0 Å². The molecular formula is C17H28N2O4. The number of ether oxygens (including phenoxy) is 3. The van der Waals surface area contributed by atoms with E-state index < -0.39 is 5.54 Å². The van der Waals surface area contributed by atoms with Gasteiger partial charge in [-0.1, -0.05) is 13.8 Å². The highest BCUT2D eigenvalue weighted by molar-refractivity contribution is 5.96. The first-order valence-electron chi connectivity index (χ1n) is 7.62. The van der Waals surface area contributed by atoms with Gasteiger partial charge >= 0.3 is 0 Å². The van der Waals surface area contributed by atoms with E-state index in [9.17, 15) is 4.79 Å². The Morgan fingerprint density at radius 1 is 1.17 bits per heavy atom. The van der Waals surface area contributed by atoms with E-state index in [0.717, 1.165) is 6.42 Å². The number of hydrogen-bond acceptors (Lipinski definition) is 5. The van der Waals surface area contributed by atoms with Gasteiger partial charge in [-0.15, -0.1) is 0 Å². The van der Waals surface area contributed by atoms with Crippen molar-refractivity contribution in [3.05, 3.63) is 17.7 Å². The average molecular weight is 324 g/mol. The van der Waals surface area contributed by atoms with Crippen LogP contribution in [0.4, 0.5) is 0 Å². The lowest BCUT2D eigenvalue weighted by molar-refractivity contribution is 0.0897. The molecule has 130 valence electrons. The topological polar surface area (TPSA) is 82.8 Å². The van der Waals surface area contributed by atoms with Crippen molar-refractivity contribution in [1.82, 2.24) is 5.32 Å². The van der Waals surface area contributed by atoms with Crippen molar-refractivity contribution in [3.8, 4) is 17.2 Å². The van der Waals surface area contributed by atoms with Crippen LogP contribution in [0.2, 0.25) is 0 Å². The van der Waals surface area contributed by atoms with Gasteiger partial charge in [0.15, 0.2) is 11.5 Å². The molecule has 0 heterocycles. The van der Waals surface area contributed by atoms with E-state index in [1.54, 1.807) is 12.1 Å². The van der Waals surface area contributed by atoms with Crippen molar-refractivity contribution in [2.75, 3.05) is 27.9 Å². The molecule has 1 unspecified atom stereocenters. The summed E-state index contributed by atoms with van der Waals surface area (Å²) in [6.45, 7) is 6.50. The molecule has 0 bridgehead atoms. The van der Waals surface area contributed by atoms with Gasteiger partial charge in [0.05, 0.1) is 21.3 Å². The maximum atomic E-state index is 12.6. The van der Waals surface area contributed by atoms with Crippen LogP contribution in [0.3, 0.4) is 0 Å². The molecule has 0 aliphatic rings. The molecular weight excluding hydrogens is 296 g/mol. The van der Waals surface area contributed by atoms with Crippen LogP contribution in [0.5, 0.6) is 17.2 Å². The van der Waals surface area contributed by atoms with Crippen LogP contribution < -0.4 is 25.3 Å². The molecule has 0 aromatic heterocycles. The fraction of sp³-hybridized carbons (Fsp3) is 0.588. The van der Waals surface area contributed by atoms with Crippen LogP contribution in [-0.4, -0.2) is 39.3 Å². The largest absolute Gasteiger partial charge is 0.493 e. The zero-order valence-electron chi connectivity index (χ0n) is 14.9. The van der Waals surface area contributed by atoms with Gasteiger partial charge in [-0.25, -0.2) is 0 Å². The summed E-state index contributed by atoms with van der Waals surface area (Å²) >= 11 is 0. The Morgan fingerprint density at radius 2 is 1.70 bits per heavy atom. The summed E-state index contributed by atoms with van der Waals surface area (Å²) in [6, 6.07) is 3.26. The van der Waals surface area contributed by atoms with E-state index in [-0.39, 0.29) is 5.91 Å². The second-order valence-electron chi connectivity index (χ2n) is 6.23. The first kappa shape index (κ1) is 19.1. The van der Waals surface area contributed by atoms with Crippen molar-refractivity contribution >= 4 is 5.91 Å². The summed E-state index contributed by atoms with van der Waals surface area (Å²) in [4.78, 5) is 12.6. The van der Waals surface area contributed by atoms with E-state index in [4.69, 9.17) is 19.9 Å². The molecule has 23 heavy (non-hydrogen) atoms. The number of carbonyl (C=O) groups is 1. The number of nitrogens with two attached hydrogens (primary N) is 1. The highest BCUT2D eigenvalue weighted by Crippen LogP contribution is 2.38. The Hall–Kier alpha value is -1.95. The zero-order chi connectivity index (χ0) is 17.6. The maximum Gasteiger partial charge on any atom is 0.252 e. The van der Waals surface area contributed by atoms with Gasteiger partial charge in [0, 0.05) is 17.6 Å². The van der Waals surface area contributed by atoms with Crippen molar-refractivity contribution in [2.24, 2.45) is 11.7 Å². The van der Waals surface area contributed by atoms with Gasteiger partial charge in [0.2, 0.25) is 5.75 Å². The predicted octanol–water partition coefficient (Wildman–Crippen LogP) is 2.21. The smallest absolute Gasteiger partial charge is 0.252 e. The predicted molar refractivity (Wildman–Crippen MR) is 90.5 cm³/mol. The van der Waals surface area contributed by atoms with Crippen molar-refractivity contribution < 1.29 is 19.0 Å². The van der Waals surface area contributed by atoms with Crippen LogP contribution in [-0.2, 0) is 0 Å². The van der Waals surface area contributed by atoms with Crippen LogP contribution in [0.25, 0.3) is 0 Å². The van der Waals surface area contributed by atoms with Crippen LogP contribution in [0.1, 0.15) is 37.6 Å². The fourth-order valence-electron chi connectivity index (χ4n) is 2.64. The van der Waals surface area contributed by atoms with E-state index in [1.807, 2.05) is 6.92 Å². The SMILES string of the molecule is COc1cc(C(=O)NC(C)(CN)CC(C)C)cc(OC)c1OC. The Morgan fingerprint density at radius 3 is 2.04 bits per heavy atom. The molecule has 1 aromatic rings. The lowest BCUT2D eigenvalue weighted by atomic mass is 9.90. The highest BCUT2D eigenvalue weighted by Gasteiger charge is 2.27. The minimum absolute atomic E-state index is 0.224. The molecule has 0 saturated heterocycles. The number of amides is 1. The van der Waals surface area contributed by atoms with Crippen LogP contribution in [0.15, 0.2) is 12.1 Å². The Kier molecular flexibility index (Phi) is 6.69. The molecule has 0 aliphatic carbocycles. The first-order chi connectivity index (χ1) is 10.8. The molecule has 1 aromatic carbocycles. The summed E-state index contributed by atoms with van der Waals surface area (Å²) in [7, 11) is 4.55. The van der Waals surface area contributed by atoms with Gasteiger partial charge in [-0.3, -0.25) is 4.79 Å². The summed E-state index contributed by atoms with van der Waals surface area (Å²) in [5, 5.41) is 3.01. The quantitative estimate of drug-likeness (QED) is 0.766. The summed E-state index contributed by atoms with van der Waals surface area (Å²) < 4.78 is 15.8. The average Bonchev–Trinajstić information content (AvgIpc) is 2.52. The highest BCUT2D eigenvalue weighted by atomic mass is 16.5. The maximum absolute atomic E-state index is 12.6. The molecule has 0 fully saturated rings. The lowest BCUT2D eigenvalue weighted by Gasteiger charge is -2.31. The normalized spacial score (nSPS) is 13.4. The fourth-order valence-corrected chi connectivity index (χ4v) is 2.64. The molecule has 3 N–H and O–H groups in total. The monoisotopic (exact) mass is 324 g/mol. The number of benzene rings is 1. The summed E-state index contributed by atoms with van der Waals surface area (Å²) in [5.74, 6) is 1.53. The van der Waals surface area contributed by atoms with Gasteiger partial charge in [0.1, 0.15) is 0 Å². The number of nitrogens with one attached hydrogen (secondary N) is 1. The summed E-state index contributed by atoms with van der Waals surface area (Å²) in [6.07, 6.45) is 0.791. The lowest BCUT2D eigenvalue weighted by Crippen LogP contribution is -2.52. The molecule has 1 amide bonds. The number of carbonyl (C=O) groups excluding carboxylic acids is 1. The molecule has 0 aliphatic heterocycles. The minimum atomic E-state index is -0.467. The van der Waals surface area contributed by atoms with Crippen LogP contribution >= 0.6 is 0 Å². The van der Waals surface area contributed by atoms with Gasteiger partial charge in [0.25, 0.3) is 5.91 Å². The van der Waals surface area contributed by atoms with E-state index >= 15 is 0 Å². The van der Waals surface area contributed by atoms with Gasteiger partial charge in [-0.05, 0) is 31.4 Å². The standard InChI is InChI=1S/C17H28N2O4/c1-11(2)9-17(3,10-18)19-16(20)12-7-13(21-4)15(23-6)14(8-12)22-5/h7-8,11H,9-10,18H2,1-6H3,(H,19,20). The molecule has 6 heteroatoms. The molecule has 0 radical (unpaired) electrons. The van der Waals surface area contributed by atoms with Crippen molar-refractivity contribution in [2.45, 2.75) is 32.7 Å². The second kappa shape index (κ2) is 8.06. The number of hydrogen-bond donors (Lipinski definition) is 2. The molecule has 6 nitrogen and oxygen atoms in total. The molecule has 1 rings (SSSR count). The van der Waals surface area contributed by atoms with Crippen LogP contribution in [0, 0.1) is 5.92 Å². The summed E-state index contributed by atoms with van der Waals surface area (Å²) in [5.41, 5.74) is 5.82. The van der Waals surface area contributed by atoms with Gasteiger partial charge in [-0.2, -0.15) is 0 Å². The third-order valence-corrected chi connectivity index (χ3v) is 3.65. The minimum Gasteiger partial charge on any atom is -0.493 e. The Bertz CT molecular complexity index is 520. The van der Waals surface area contributed by atoms with E-state index in [0.29, 0.717) is 35.3 Å². The Balaban J connectivity index is 3.12. The van der Waals surface area contributed by atoms with Gasteiger partial charge < -0.3 is 25.3 Å². The van der Waals surface area contributed by atoms with E-state index in [1.165, 1.54) is 21.3 Å². The van der Waals surface area contributed by atoms with Crippen molar-refractivity contribution in [1.29, 1.82) is 0 Å². The third kappa shape index (κ3) is 4.76. The second-order valence-corrected chi connectivity index (χ2v) is 6.23. The number of methoxy groups -OCH3 is 3. The first-order valence-corrected chi connectivity index (χ1v) is 7.62. The molecule has 1 atom stereocenters.